The molecule has 0 spiro atoms. The summed E-state index contributed by atoms with van der Waals surface area (Å²) in [5.41, 5.74) is 1.15. The van der Waals surface area contributed by atoms with Gasteiger partial charge in [0.25, 0.3) is 0 Å². The largest absolute Gasteiger partial charge is 0.427 e. The van der Waals surface area contributed by atoms with Crippen LogP contribution in [0.4, 0.5) is 0 Å². The number of hydrogen-bond acceptors (Lipinski definition) is 2. The summed E-state index contributed by atoms with van der Waals surface area (Å²) in [6.07, 6.45) is 0. The minimum Gasteiger partial charge on any atom is -0.427 e. The standard InChI is InChI=1S/C16H27NO2Si2/c1-20(2,3)11-10-19-13-17-15-9-7-6-8-14(15)12-16(17)21(4,5)18/h6-9,12,18H,10-11,13H2,1-5H3. The predicted octanol–water partition coefficient (Wildman–Crippen LogP) is 3.36. The molecule has 0 aliphatic rings. The summed E-state index contributed by atoms with van der Waals surface area (Å²) in [5.74, 6) is 0. The van der Waals surface area contributed by atoms with E-state index in [2.05, 4.69) is 42.4 Å². The van der Waals surface area contributed by atoms with Gasteiger partial charge in [-0.1, -0.05) is 37.8 Å². The molecule has 0 unspecified atom stereocenters. The molecular formula is C16H27NO2Si2. The third-order valence-corrected chi connectivity index (χ3v) is 7.03. The molecule has 2 rings (SSSR count). The van der Waals surface area contributed by atoms with Crippen LogP contribution in [-0.2, 0) is 11.5 Å². The third kappa shape index (κ3) is 4.29. The van der Waals surface area contributed by atoms with Gasteiger partial charge in [-0.2, -0.15) is 0 Å². The average Bonchev–Trinajstić information content (AvgIpc) is 2.72. The Morgan fingerprint density at radius 1 is 1.10 bits per heavy atom. The second kappa shape index (κ2) is 6.08. The highest BCUT2D eigenvalue weighted by Gasteiger charge is 2.26. The number of hydrogen-bond donors (Lipinski definition) is 1. The molecule has 1 N–H and O–H groups in total. The topological polar surface area (TPSA) is 34.4 Å². The van der Waals surface area contributed by atoms with Gasteiger partial charge in [0.15, 0.2) is 0 Å². The van der Waals surface area contributed by atoms with E-state index in [1.807, 2.05) is 25.2 Å². The van der Waals surface area contributed by atoms with Crippen molar-refractivity contribution >= 4 is 32.6 Å². The monoisotopic (exact) mass is 321 g/mol. The highest BCUT2D eigenvalue weighted by Crippen LogP contribution is 2.17. The van der Waals surface area contributed by atoms with Crippen LogP contribution in [0.3, 0.4) is 0 Å². The van der Waals surface area contributed by atoms with E-state index >= 15 is 0 Å². The van der Waals surface area contributed by atoms with E-state index in [0.717, 1.165) is 17.4 Å². The van der Waals surface area contributed by atoms with E-state index in [-0.39, 0.29) is 0 Å². The summed E-state index contributed by atoms with van der Waals surface area (Å²) in [6.45, 7) is 12.3. The highest BCUT2D eigenvalue weighted by molar-refractivity contribution is 6.83. The molecule has 0 aliphatic heterocycles. The molecule has 3 nitrogen and oxygen atoms in total. The van der Waals surface area contributed by atoms with E-state index in [1.54, 1.807) is 0 Å². The Morgan fingerprint density at radius 2 is 1.76 bits per heavy atom. The van der Waals surface area contributed by atoms with Crippen molar-refractivity contribution in [1.29, 1.82) is 0 Å². The van der Waals surface area contributed by atoms with Crippen LogP contribution in [0.2, 0.25) is 38.8 Å². The fourth-order valence-electron chi connectivity index (χ4n) is 2.39. The smallest absolute Gasteiger partial charge is 0.230 e. The van der Waals surface area contributed by atoms with Crippen molar-refractivity contribution in [2.24, 2.45) is 0 Å². The molecule has 2 aromatic rings. The molecule has 0 amide bonds. The summed E-state index contributed by atoms with van der Waals surface area (Å²) < 4.78 is 8.05. The molecule has 5 heteroatoms. The molecule has 1 aromatic heterocycles. The van der Waals surface area contributed by atoms with Crippen molar-refractivity contribution in [3.63, 3.8) is 0 Å². The lowest BCUT2D eigenvalue weighted by atomic mass is 10.2. The highest BCUT2D eigenvalue weighted by atomic mass is 28.4. The molecule has 0 saturated carbocycles. The first-order valence-corrected chi connectivity index (χ1v) is 14.2. The lowest BCUT2D eigenvalue weighted by molar-refractivity contribution is 0.0918. The molecule has 0 bridgehead atoms. The first kappa shape index (κ1) is 16.5. The Hall–Kier alpha value is -0.886. The minimum absolute atomic E-state index is 0.532. The summed E-state index contributed by atoms with van der Waals surface area (Å²) >= 11 is 0. The van der Waals surface area contributed by atoms with Crippen LogP contribution in [0.25, 0.3) is 10.9 Å². The molecule has 21 heavy (non-hydrogen) atoms. The zero-order chi connectivity index (χ0) is 15.7. The first-order chi connectivity index (χ1) is 9.68. The molecule has 116 valence electrons. The van der Waals surface area contributed by atoms with Gasteiger partial charge in [-0.05, 0) is 36.7 Å². The fourth-order valence-corrected chi connectivity index (χ4v) is 4.50. The normalized spacial score (nSPS) is 13.0. The van der Waals surface area contributed by atoms with E-state index in [4.69, 9.17) is 4.74 Å². The van der Waals surface area contributed by atoms with Crippen LogP contribution >= 0.6 is 0 Å². The van der Waals surface area contributed by atoms with Gasteiger partial charge < -0.3 is 14.1 Å². The number of aromatic nitrogens is 1. The Bertz CT molecular complexity index is 609. The fraction of sp³-hybridized carbons (Fsp3) is 0.500. The van der Waals surface area contributed by atoms with Crippen molar-refractivity contribution < 1.29 is 9.53 Å². The minimum atomic E-state index is -2.37. The average molecular weight is 322 g/mol. The number of fused-ring (bicyclic) bond motifs is 1. The van der Waals surface area contributed by atoms with Gasteiger partial charge in [-0.15, -0.1) is 0 Å². The molecule has 0 atom stereocenters. The van der Waals surface area contributed by atoms with Crippen molar-refractivity contribution in [3.8, 4) is 0 Å². The molecule has 0 fully saturated rings. The van der Waals surface area contributed by atoms with Crippen molar-refractivity contribution in [2.45, 2.75) is 45.5 Å². The maximum absolute atomic E-state index is 10.5. The quantitative estimate of drug-likeness (QED) is 0.654. The Morgan fingerprint density at radius 3 is 2.38 bits per heavy atom. The number of ether oxygens (including phenoxy) is 1. The zero-order valence-electron chi connectivity index (χ0n) is 13.8. The molecular weight excluding hydrogens is 294 g/mol. The zero-order valence-corrected chi connectivity index (χ0v) is 15.8. The van der Waals surface area contributed by atoms with Gasteiger partial charge in [-0.3, -0.25) is 0 Å². The lowest BCUT2D eigenvalue weighted by Gasteiger charge is -2.20. The number of benzene rings is 1. The summed E-state index contributed by atoms with van der Waals surface area (Å²) in [7, 11) is -3.42. The molecule has 1 heterocycles. The van der Waals surface area contributed by atoms with Crippen LogP contribution in [-0.4, -0.2) is 32.4 Å². The third-order valence-electron chi connectivity index (χ3n) is 3.65. The second-order valence-electron chi connectivity index (χ2n) is 7.42. The van der Waals surface area contributed by atoms with Crippen molar-refractivity contribution in [1.82, 2.24) is 4.57 Å². The van der Waals surface area contributed by atoms with Crippen LogP contribution in [0.5, 0.6) is 0 Å². The summed E-state index contributed by atoms with van der Waals surface area (Å²) in [5, 5.41) is 2.22. The number of nitrogens with zero attached hydrogens (tertiary/aromatic N) is 1. The van der Waals surface area contributed by atoms with Crippen LogP contribution in [0.1, 0.15) is 0 Å². The van der Waals surface area contributed by atoms with E-state index in [9.17, 15) is 4.80 Å². The van der Waals surface area contributed by atoms with Crippen molar-refractivity contribution in [3.05, 3.63) is 30.3 Å². The van der Waals surface area contributed by atoms with Crippen LogP contribution in [0.15, 0.2) is 30.3 Å². The Balaban J connectivity index is 2.21. The van der Waals surface area contributed by atoms with Gasteiger partial charge >= 0.3 is 0 Å². The van der Waals surface area contributed by atoms with Crippen molar-refractivity contribution in [2.75, 3.05) is 6.61 Å². The van der Waals surface area contributed by atoms with Gasteiger partial charge in [0.05, 0.1) is 0 Å². The van der Waals surface area contributed by atoms with E-state index in [0.29, 0.717) is 6.73 Å². The maximum Gasteiger partial charge on any atom is 0.230 e. The van der Waals surface area contributed by atoms with Gasteiger partial charge in [0.1, 0.15) is 6.73 Å². The van der Waals surface area contributed by atoms with Gasteiger partial charge in [0.2, 0.25) is 8.32 Å². The number of para-hydroxylation sites is 1. The molecule has 0 saturated heterocycles. The van der Waals surface area contributed by atoms with Gasteiger partial charge in [0, 0.05) is 25.5 Å². The molecule has 1 aromatic carbocycles. The van der Waals surface area contributed by atoms with E-state index in [1.165, 1.54) is 11.4 Å². The second-order valence-corrected chi connectivity index (χ2v) is 16.7. The number of rotatable bonds is 6. The summed E-state index contributed by atoms with van der Waals surface area (Å²) in [4.78, 5) is 10.5. The van der Waals surface area contributed by atoms with Crippen LogP contribution < -0.4 is 5.32 Å². The SMILES string of the molecule is C[Si](C)(C)CCOCn1c([Si](C)(C)O)cc2ccccc21. The first-order valence-electron chi connectivity index (χ1n) is 7.57. The lowest BCUT2D eigenvalue weighted by Crippen LogP contribution is -2.46. The Labute approximate surface area is 129 Å². The molecule has 0 radical (unpaired) electrons. The molecule has 0 aliphatic carbocycles. The van der Waals surface area contributed by atoms with Crippen LogP contribution in [0, 0.1) is 0 Å². The van der Waals surface area contributed by atoms with Gasteiger partial charge in [-0.25, -0.2) is 0 Å². The predicted molar refractivity (Wildman–Crippen MR) is 95.4 cm³/mol. The Kier molecular flexibility index (Phi) is 4.77. The maximum atomic E-state index is 10.5. The van der Waals surface area contributed by atoms with E-state index < -0.39 is 16.4 Å². The summed E-state index contributed by atoms with van der Waals surface area (Å²) in [6, 6.07) is 11.5.